The summed E-state index contributed by atoms with van der Waals surface area (Å²) in [6.45, 7) is 4.06. The molecule has 7 heteroatoms. The first-order valence-electron chi connectivity index (χ1n) is 6.41. The molecule has 0 spiro atoms. The molecule has 0 saturated heterocycles. The molecule has 1 atom stereocenters. The van der Waals surface area contributed by atoms with Crippen molar-refractivity contribution in [1.82, 2.24) is 15.0 Å². The van der Waals surface area contributed by atoms with Crippen molar-refractivity contribution < 1.29 is 8.95 Å². The van der Waals surface area contributed by atoms with Gasteiger partial charge in [0.2, 0.25) is 0 Å². The highest BCUT2D eigenvalue weighted by molar-refractivity contribution is 7.84. The van der Waals surface area contributed by atoms with Crippen LogP contribution in [0.15, 0.2) is 23.5 Å². The van der Waals surface area contributed by atoms with Gasteiger partial charge in [0.15, 0.2) is 5.16 Å². The summed E-state index contributed by atoms with van der Waals surface area (Å²) in [6, 6.07) is 3.56. The fourth-order valence-corrected chi connectivity index (χ4v) is 4.09. The summed E-state index contributed by atoms with van der Waals surface area (Å²) in [5, 5.41) is 0.503. The minimum absolute atomic E-state index is 0.314. The van der Waals surface area contributed by atoms with E-state index in [1.807, 2.05) is 13.8 Å². The fraction of sp³-hybridized carbons (Fsp3) is 0.286. The highest BCUT2D eigenvalue weighted by Crippen LogP contribution is 2.29. The van der Waals surface area contributed by atoms with Gasteiger partial charge < -0.3 is 9.72 Å². The Balaban J connectivity index is 1.88. The first kappa shape index (κ1) is 14.2. The van der Waals surface area contributed by atoms with Crippen molar-refractivity contribution >= 4 is 33.2 Å². The average molecular weight is 321 g/mol. The van der Waals surface area contributed by atoms with Crippen LogP contribution in [0.3, 0.4) is 0 Å². The molecule has 0 aliphatic heterocycles. The van der Waals surface area contributed by atoms with E-state index >= 15 is 0 Å². The molecule has 0 fully saturated rings. The maximum Gasteiger partial charge on any atom is 0.197 e. The summed E-state index contributed by atoms with van der Waals surface area (Å²) in [7, 11) is 0.347. The molecule has 0 bridgehead atoms. The molecule has 3 heterocycles. The summed E-state index contributed by atoms with van der Waals surface area (Å²) in [5.74, 6) is 1.03. The second kappa shape index (κ2) is 5.57. The van der Waals surface area contributed by atoms with Gasteiger partial charge in [-0.2, -0.15) is 0 Å². The Morgan fingerprint density at radius 3 is 2.90 bits per heavy atom. The fourth-order valence-electron chi connectivity index (χ4n) is 2.16. The predicted octanol–water partition coefficient (Wildman–Crippen LogP) is 2.95. The number of pyridine rings is 1. The van der Waals surface area contributed by atoms with E-state index in [9.17, 15) is 4.21 Å². The maximum atomic E-state index is 12.4. The molecule has 0 radical (unpaired) electrons. The SMILES string of the molecule is COc1ccnc(CS(=O)c2nc3c(C)sc(C)c3[nH]2)c1. The Kier molecular flexibility index (Phi) is 3.77. The smallest absolute Gasteiger partial charge is 0.197 e. The van der Waals surface area contributed by atoms with E-state index in [1.165, 1.54) is 0 Å². The van der Waals surface area contributed by atoms with Gasteiger partial charge in [0.05, 0.1) is 34.9 Å². The van der Waals surface area contributed by atoms with E-state index in [0.717, 1.165) is 26.5 Å². The van der Waals surface area contributed by atoms with Crippen molar-refractivity contribution in [3.63, 3.8) is 0 Å². The quantitative estimate of drug-likeness (QED) is 0.802. The first-order valence-corrected chi connectivity index (χ1v) is 8.55. The number of ether oxygens (including phenoxy) is 1. The van der Waals surface area contributed by atoms with E-state index in [2.05, 4.69) is 15.0 Å². The lowest BCUT2D eigenvalue weighted by Crippen LogP contribution is -2.01. The number of H-pyrrole nitrogens is 1. The summed E-state index contributed by atoms with van der Waals surface area (Å²) >= 11 is 1.70. The van der Waals surface area contributed by atoms with Crippen molar-refractivity contribution in [1.29, 1.82) is 0 Å². The molecule has 21 heavy (non-hydrogen) atoms. The molecule has 5 nitrogen and oxygen atoms in total. The van der Waals surface area contributed by atoms with Crippen LogP contribution in [-0.2, 0) is 16.6 Å². The minimum Gasteiger partial charge on any atom is -0.497 e. The van der Waals surface area contributed by atoms with Gasteiger partial charge >= 0.3 is 0 Å². The molecule has 110 valence electrons. The number of hydrogen-bond acceptors (Lipinski definition) is 5. The molecular formula is C14H15N3O2S2. The Hall–Kier alpha value is -1.73. The van der Waals surface area contributed by atoms with Gasteiger partial charge in [-0.05, 0) is 19.9 Å². The largest absolute Gasteiger partial charge is 0.497 e. The molecule has 0 saturated carbocycles. The zero-order valence-electron chi connectivity index (χ0n) is 12.0. The van der Waals surface area contributed by atoms with Crippen molar-refractivity contribution in [2.45, 2.75) is 24.8 Å². The number of aromatic amines is 1. The predicted molar refractivity (Wildman–Crippen MR) is 84.3 cm³/mol. The van der Waals surface area contributed by atoms with E-state index < -0.39 is 10.8 Å². The van der Waals surface area contributed by atoms with Crippen molar-refractivity contribution in [2.75, 3.05) is 7.11 Å². The van der Waals surface area contributed by atoms with Crippen LogP contribution in [0.4, 0.5) is 0 Å². The number of rotatable bonds is 4. The molecule has 1 unspecified atom stereocenters. The Morgan fingerprint density at radius 1 is 1.38 bits per heavy atom. The molecule has 1 N–H and O–H groups in total. The number of fused-ring (bicyclic) bond motifs is 1. The zero-order valence-corrected chi connectivity index (χ0v) is 13.6. The van der Waals surface area contributed by atoms with Crippen LogP contribution in [0.5, 0.6) is 5.75 Å². The number of methoxy groups -OCH3 is 1. The minimum atomic E-state index is -1.25. The van der Waals surface area contributed by atoms with Crippen LogP contribution in [-0.4, -0.2) is 26.3 Å². The lowest BCUT2D eigenvalue weighted by Gasteiger charge is -2.02. The molecule has 0 aliphatic rings. The summed E-state index contributed by atoms with van der Waals surface area (Å²) < 4.78 is 17.6. The van der Waals surface area contributed by atoms with Gasteiger partial charge in [0.1, 0.15) is 11.3 Å². The van der Waals surface area contributed by atoms with Crippen molar-refractivity contribution in [2.24, 2.45) is 0 Å². The van der Waals surface area contributed by atoms with Crippen LogP contribution in [0.2, 0.25) is 0 Å². The number of nitrogens with one attached hydrogen (secondary N) is 1. The van der Waals surface area contributed by atoms with E-state index in [1.54, 1.807) is 36.8 Å². The third-order valence-electron chi connectivity index (χ3n) is 3.19. The zero-order chi connectivity index (χ0) is 15.0. The standard InChI is InChI=1S/C14H15N3O2S2/c1-8-12-13(9(2)20-8)17-14(16-12)21(18)7-10-6-11(19-3)4-5-15-10/h4-6H,7H2,1-3H3,(H,16,17). The molecule has 0 aliphatic carbocycles. The molecule has 0 aromatic carbocycles. The van der Waals surface area contributed by atoms with Crippen LogP contribution in [0.1, 0.15) is 15.4 Å². The number of imidazole rings is 1. The molecule has 0 amide bonds. The normalized spacial score (nSPS) is 12.7. The summed E-state index contributed by atoms with van der Waals surface area (Å²) in [5.41, 5.74) is 2.62. The molecular weight excluding hydrogens is 306 g/mol. The van der Waals surface area contributed by atoms with Gasteiger partial charge in [-0.3, -0.25) is 9.19 Å². The second-order valence-electron chi connectivity index (χ2n) is 4.66. The van der Waals surface area contributed by atoms with E-state index in [0.29, 0.717) is 16.7 Å². The number of aromatic nitrogens is 3. The summed E-state index contributed by atoms with van der Waals surface area (Å²) in [6.07, 6.45) is 1.65. The number of nitrogens with zero attached hydrogens (tertiary/aromatic N) is 2. The van der Waals surface area contributed by atoms with E-state index in [4.69, 9.17) is 4.74 Å². The molecule has 3 rings (SSSR count). The van der Waals surface area contributed by atoms with Crippen molar-refractivity contribution in [3.05, 3.63) is 33.8 Å². The molecule has 3 aromatic heterocycles. The Bertz CT molecular complexity index is 788. The summed E-state index contributed by atoms with van der Waals surface area (Å²) in [4.78, 5) is 14.2. The van der Waals surface area contributed by atoms with Gasteiger partial charge in [-0.15, -0.1) is 11.3 Å². The first-order chi connectivity index (χ1) is 10.1. The average Bonchev–Trinajstić information content (AvgIpc) is 3.02. The highest BCUT2D eigenvalue weighted by atomic mass is 32.2. The highest BCUT2D eigenvalue weighted by Gasteiger charge is 2.15. The number of thiophene rings is 1. The van der Waals surface area contributed by atoms with Gasteiger partial charge in [0, 0.05) is 22.0 Å². The lowest BCUT2D eigenvalue weighted by atomic mass is 10.3. The van der Waals surface area contributed by atoms with Crippen molar-refractivity contribution in [3.8, 4) is 5.75 Å². The number of aryl methyl sites for hydroxylation is 2. The van der Waals surface area contributed by atoms with Crippen LogP contribution < -0.4 is 4.74 Å². The number of hydrogen-bond donors (Lipinski definition) is 1. The topological polar surface area (TPSA) is 67.9 Å². The lowest BCUT2D eigenvalue weighted by molar-refractivity contribution is 0.413. The molecule has 3 aromatic rings. The Labute approximate surface area is 128 Å². The third kappa shape index (κ3) is 2.71. The van der Waals surface area contributed by atoms with E-state index in [-0.39, 0.29) is 0 Å². The van der Waals surface area contributed by atoms with Gasteiger partial charge in [0.25, 0.3) is 0 Å². The van der Waals surface area contributed by atoms with Crippen LogP contribution in [0, 0.1) is 13.8 Å². The van der Waals surface area contributed by atoms with Gasteiger partial charge in [-0.1, -0.05) is 0 Å². The Morgan fingerprint density at radius 2 is 2.19 bits per heavy atom. The van der Waals surface area contributed by atoms with Crippen LogP contribution in [0.25, 0.3) is 11.0 Å². The monoisotopic (exact) mass is 321 g/mol. The second-order valence-corrected chi connectivity index (χ2v) is 7.45. The third-order valence-corrected chi connectivity index (χ3v) is 5.38. The van der Waals surface area contributed by atoms with Gasteiger partial charge in [-0.25, -0.2) is 4.98 Å². The van der Waals surface area contributed by atoms with Crippen LogP contribution >= 0.6 is 11.3 Å². The maximum absolute atomic E-state index is 12.4.